The first-order chi connectivity index (χ1) is 11.8. The van der Waals surface area contributed by atoms with Gasteiger partial charge in [-0.25, -0.2) is 9.48 Å². The maximum absolute atomic E-state index is 12.0. The van der Waals surface area contributed by atoms with Crippen LogP contribution in [0.4, 0.5) is 10.5 Å². The Morgan fingerprint density at radius 3 is 2.75 bits per heavy atom. The first kappa shape index (κ1) is 16.2. The third-order valence-corrected chi connectivity index (χ3v) is 4.06. The van der Waals surface area contributed by atoms with Crippen molar-refractivity contribution in [2.75, 3.05) is 11.9 Å². The standard InChI is InChI=1S/C16H22N6O2/c1-2-24-14-9-7-12(8-10-14)18-16(23)17-11-15-19-20-21-22(15)13-5-3-4-6-13/h7-10,13H,2-6,11H2,1H3,(H2,17,18,23). The molecular weight excluding hydrogens is 308 g/mol. The summed E-state index contributed by atoms with van der Waals surface area (Å²) >= 11 is 0. The molecular formula is C16H22N6O2. The maximum atomic E-state index is 12.0. The Balaban J connectivity index is 1.51. The molecule has 1 saturated carbocycles. The lowest BCUT2D eigenvalue weighted by Gasteiger charge is -2.12. The van der Waals surface area contributed by atoms with Gasteiger partial charge in [0.2, 0.25) is 0 Å². The fourth-order valence-electron chi connectivity index (χ4n) is 2.90. The van der Waals surface area contributed by atoms with Crippen LogP contribution < -0.4 is 15.4 Å². The second-order valence-electron chi connectivity index (χ2n) is 5.74. The quantitative estimate of drug-likeness (QED) is 0.849. The fraction of sp³-hybridized carbons (Fsp3) is 0.500. The Bertz CT molecular complexity index is 663. The van der Waals surface area contributed by atoms with Crippen LogP contribution in [0.25, 0.3) is 0 Å². The number of aromatic nitrogens is 4. The summed E-state index contributed by atoms with van der Waals surface area (Å²) in [7, 11) is 0. The van der Waals surface area contributed by atoms with E-state index in [-0.39, 0.29) is 6.03 Å². The Morgan fingerprint density at radius 2 is 2.04 bits per heavy atom. The third-order valence-electron chi connectivity index (χ3n) is 4.06. The second kappa shape index (κ2) is 7.76. The highest BCUT2D eigenvalue weighted by Crippen LogP contribution is 2.29. The highest BCUT2D eigenvalue weighted by atomic mass is 16.5. The van der Waals surface area contributed by atoms with Gasteiger partial charge >= 0.3 is 6.03 Å². The summed E-state index contributed by atoms with van der Waals surface area (Å²) in [6, 6.07) is 7.30. The molecule has 0 unspecified atom stereocenters. The minimum atomic E-state index is -0.292. The molecule has 0 aliphatic heterocycles. The van der Waals surface area contributed by atoms with Crippen molar-refractivity contribution in [3.8, 4) is 5.75 Å². The van der Waals surface area contributed by atoms with Gasteiger partial charge in [0.05, 0.1) is 19.2 Å². The number of rotatable bonds is 6. The summed E-state index contributed by atoms with van der Waals surface area (Å²) < 4.78 is 7.21. The first-order valence-electron chi connectivity index (χ1n) is 8.30. The van der Waals surface area contributed by atoms with E-state index in [2.05, 4.69) is 26.2 Å². The summed E-state index contributed by atoms with van der Waals surface area (Å²) in [4.78, 5) is 12.0. The van der Waals surface area contributed by atoms with Gasteiger partial charge in [0.15, 0.2) is 5.82 Å². The number of benzene rings is 1. The van der Waals surface area contributed by atoms with Crippen molar-refractivity contribution in [2.45, 2.75) is 45.2 Å². The van der Waals surface area contributed by atoms with Gasteiger partial charge in [-0.05, 0) is 54.5 Å². The van der Waals surface area contributed by atoms with Crippen molar-refractivity contribution >= 4 is 11.7 Å². The van der Waals surface area contributed by atoms with E-state index >= 15 is 0 Å². The maximum Gasteiger partial charge on any atom is 0.319 e. The summed E-state index contributed by atoms with van der Waals surface area (Å²) in [5.41, 5.74) is 0.700. The molecule has 0 atom stereocenters. The molecule has 2 N–H and O–H groups in total. The molecule has 3 rings (SSSR count). The number of amides is 2. The van der Waals surface area contributed by atoms with Crippen LogP contribution >= 0.6 is 0 Å². The Hall–Kier alpha value is -2.64. The molecule has 1 aromatic heterocycles. The molecule has 8 heteroatoms. The van der Waals surface area contributed by atoms with E-state index in [0.29, 0.717) is 30.7 Å². The number of ether oxygens (including phenoxy) is 1. The average Bonchev–Trinajstić information content (AvgIpc) is 3.26. The van der Waals surface area contributed by atoms with Gasteiger partial charge in [-0.3, -0.25) is 0 Å². The SMILES string of the molecule is CCOc1ccc(NC(=O)NCc2nnnn2C2CCCC2)cc1. The number of hydrogen-bond donors (Lipinski definition) is 2. The molecule has 1 aliphatic carbocycles. The lowest BCUT2D eigenvalue weighted by atomic mass is 10.2. The zero-order valence-corrected chi connectivity index (χ0v) is 13.7. The molecule has 2 aromatic rings. The number of urea groups is 1. The number of carbonyl (C=O) groups excluding carboxylic acids is 1. The number of tetrazole rings is 1. The van der Waals surface area contributed by atoms with Gasteiger partial charge in [-0.2, -0.15) is 0 Å². The summed E-state index contributed by atoms with van der Waals surface area (Å²) in [5, 5.41) is 17.4. The zero-order chi connectivity index (χ0) is 16.8. The molecule has 1 aromatic carbocycles. The van der Waals surface area contributed by atoms with E-state index in [0.717, 1.165) is 18.6 Å². The molecule has 128 valence electrons. The van der Waals surface area contributed by atoms with E-state index in [1.807, 2.05) is 23.7 Å². The van der Waals surface area contributed by atoms with E-state index < -0.39 is 0 Å². The second-order valence-corrected chi connectivity index (χ2v) is 5.74. The number of carbonyl (C=O) groups is 1. The van der Waals surface area contributed by atoms with Gasteiger partial charge in [0, 0.05) is 5.69 Å². The molecule has 1 aliphatic rings. The highest BCUT2D eigenvalue weighted by Gasteiger charge is 2.21. The number of anilines is 1. The smallest absolute Gasteiger partial charge is 0.319 e. The van der Waals surface area contributed by atoms with Crippen LogP contribution in [0, 0.1) is 0 Å². The molecule has 0 bridgehead atoms. The van der Waals surface area contributed by atoms with Gasteiger partial charge in [-0.15, -0.1) is 5.10 Å². The molecule has 1 fully saturated rings. The first-order valence-corrected chi connectivity index (χ1v) is 8.30. The van der Waals surface area contributed by atoms with Crippen molar-refractivity contribution in [1.82, 2.24) is 25.5 Å². The molecule has 8 nitrogen and oxygen atoms in total. The molecule has 24 heavy (non-hydrogen) atoms. The Kier molecular flexibility index (Phi) is 5.25. The average molecular weight is 330 g/mol. The highest BCUT2D eigenvalue weighted by molar-refractivity contribution is 5.89. The molecule has 0 saturated heterocycles. The third kappa shape index (κ3) is 4.01. The van der Waals surface area contributed by atoms with Crippen LogP contribution in [-0.4, -0.2) is 32.8 Å². The molecule has 1 heterocycles. The van der Waals surface area contributed by atoms with Crippen LogP contribution in [0.1, 0.15) is 44.5 Å². The van der Waals surface area contributed by atoms with Gasteiger partial charge in [-0.1, -0.05) is 12.8 Å². The molecule has 0 spiro atoms. The topological polar surface area (TPSA) is 94.0 Å². The number of nitrogens with zero attached hydrogens (tertiary/aromatic N) is 4. The monoisotopic (exact) mass is 330 g/mol. The van der Waals surface area contributed by atoms with E-state index in [9.17, 15) is 4.79 Å². The fourth-order valence-corrected chi connectivity index (χ4v) is 2.90. The van der Waals surface area contributed by atoms with Crippen LogP contribution in [0.5, 0.6) is 5.75 Å². The minimum absolute atomic E-state index is 0.292. The van der Waals surface area contributed by atoms with Crippen LogP contribution in [0.2, 0.25) is 0 Å². The molecule has 2 amide bonds. The van der Waals surface area contributed by atoms with Crippen molar-refractivity contribution < 1.29 is 9.53 Å². The normalized spacial score (nSPS) is 14.5. The molecule has 0 radical (unpaired) electrons. The summed E-state index contributed by atoms with van der Waals surface area (Å²) in [6.07, 6.45) is 4.60. The van der Waals surface area contributed by atoms with Gasteiger partial charge in [0.1, 0.15) is 5.75 Å². The van der Waals surface area contributed by atoms with Crippen LogP contribution in [0.15, 0.2) is 24.3 Å². The van der Waals surface area contributed by atoms with Crippen LogP contribution in [-0.2, 0) is 6.54 Å². The van der Waals surface area contributed by atoms with E-state index in [1.165, 1.54) is 12.8 Å². The van der Waals surface area contributed by atoms with Gasteiger partial charge in [0.25, 0.3) is 0 Å². The van der Waals surface area contributed by atoms with Crippen molar-refractivity contribution in [1.29, 1.82) is 0 Å². The lowest BCUT2D eigenvalue weighted by Crippen LogP contribution is -2.30. The van der Waals surface area contributed by atoms with E-state index in [4.69, 9.17) is 4.74 Å². The van der Waals surface area contributed by atoms with Crippen LogP contribution in [0.3, 0.4) is 0 Å². The number of hydrogen-bond acceptors (Lipinski definition) is 5. The minimum Gasteiger partial charge on any atom is -0.494 e. The van der Waals surface area contributed by atoms with Crippen molar-refractivity contribution in [2.24, 2.45) is 0 Å². The van der Waals surface area contributed by atoms with Crippen molar-refractivity contribution in [3.63, 3.8) is 0 Å². The van der Waals surface area contributed by atoms with Crippen molar-refractivity contribution in [3.05, 3.63) is 30.1 Å². The largest absolute Gasteiger partial charge is 0.494 e. The zero-order valence-electron chi connectivity index (χ0n) is 13.7. The Morgan fingerprint density at radius 1 is 1.29 bits per heavy atom. The van der Waals surface area contributed by atoms with Gasteiger partial charge < -0.3 is 15.4 Å². The number of nitrogens with one attached hydrogen (secondary N) is 2. The Labute approximate surface area is 140 Å². The lowest BCUT2D eigenvalue weighted by molar-refractivity contribution is 0.251. The summed E-state index contributed by atoms with van der Waals surface area (Å²) in [5.74, 6) is 1.46. The van der Waals surface area contributed by atoms with E-state index in [1.54, 1.807) is 12.1 Å². The predicted molar refractivity (Wildman–Crippen MR) is 88.8 cm³/mol. The summed E-state index contributed by atoms with van der Waals surface area (Å²) in [6.45, 7) is 2.84. The predicted octanol–water partition coefficient (Wildman–Crippen LogP) is 2.51.